The van der Waals surface area contributed by atoms with Crippen LogP contribution in [0.5, 0.6) is 23.0 Å². The molecule has 7 aromatic carbocycles. The SMILES string of the molecule is COc1cc(-c2ccc(N=Nc3c(S(=O)(=O)[O-])cc4cc(Nc5ccccc5)ccc4c3O)c(OC)c2)ccc1N=Nc1ccc2c(S(=O)(=O)[O-])cc(S(=O)(=O)[O-])c(N)c2c1O.[Na+].[Na+].[Na+]. The number of anilines is 3. The topological polar surface area (TPSA) is 318 Å². The van der Waals surface area contributed by atoms with Crippen LogP contribution in [0.2, 0.25) is 0 Å². The van der Waals surface area contributed by atoms with Crippen molar-refractivity contribution in [3.8, 4) is 34.1 Å². The number of hydrogen-bond acceptors (Lipinski definition) is 19. The standard InChI is InChI=1S/C40H32N6O13S3.3Na/c1-58-31-17-21(8-13-28(31)43-45-30-15-12-27-33(60(49,50)51)20-34(61(52,53)54)37(41)36(27)40(30)48)22-9-14-29(32(18-22)59-2)44-46-38-35(62(55,56)57)19-23-16-25(10-11-26(23)39(38)47)42-24-6-4-3-5-7-24;;;/h3-20,42,47-48H,41H2,1-2H3,(H,49,50,51)(H,52,53,54)(H,55,56,57);;;/q;3*+1/p-3. The van der Waals surface area contributed by atoms with Gasteiger partial charge in [0.2, 0.25) is 0 Å². The summed E-state index contributed by atoms with van der Waals surface area (Å²) in [6, 6.07) is 26.9. The Hall–Kier alpha value is -4.21. The summed E-state index contributed by atoms with van der Waals surface area (Å²) < 4.78 is 120. The molecule has 318 valence electrons. The maximum atomic E-state index is 12.4. The number of nitrogens with two attached hydrogens (primary N) is 1. The molecule has 0 spiro atoms. The van der Waals surface area contributed by atoms with E-state index in [4.69, 9.17) is 15.2 Å². The van der Waals surface area contributed by atoms with Crippen molar-refractivity contribution in [1.82, 2.24) is 0 Å². The zero-order valence-corrected chi connectivity index (χ0v) is 43.3. The first-order chi connectivity index (χ1) is 29.3. The minimum absolute atomic E-state index is 0. The monoisotopic (exact) mass is 966 g/mol. The smallest absolute Gasteiger partial charge is 0.744 e. The third kappa shape index (κ3) is 11.5. The van der Waals surface area contributed by atoms with Gasteiger partial charge in [-0.1, -0.05) is 36.4 Å². The first kappa shape index (κ1) is 53.4. The van der Waals surface area contributed by atoms with E-state index < -0.39 is 78.7 Å². The number of nitrogen functional groups attached to an aromatic ring is 1. The maximum absolute atomic E-state index is 12.4. The predicted octanol–water partition coefficient (Wildman–Crippen LogP) is -1.03. The van der Waals surface area contributed by atoms with Gasteiger partial charge in [-0.05, 0) is 89.3 Å². The second-order valence-corrected chi connectivity index (χ2v) is 17.2. The number of phenols is 2. The summed E-state index contributed by atoms with van der Waals surface area (Å²) in [6.07, 6.45) is 0. The zero-order chi connectivity index (χ0) is 44.7. The van der Waals surface area contributed by atoms with Gasteiger partial charge in [0, 0.05) is 22.1 Å². The Morgan fingerprint density at radius 3 is 1.58 bits per heavy atom. The molecule has 0 atom stereocenters. The Bertz CT molecular complexity index is 3380. The zero-order valence-electron chi connectivity index (χ0n) is 34.9. The van der Waals surface area contributed by atoms with E-state index in [9.17, 15) is 49.1 Å². The Kier molecular flexibility index (Phi) is 17.4. The molecule has 65 heavy (non-hydrogen) atoms. The number of nitrogens with zero attached hydrogens (tertiary/aromatic N) is 4. The van der Waals surface area contributed by atoms with Gasteiger partial charge in [0.25, 0.3) is 0 Å². The van der Waals surface area contributed by atoms with E-state index in [0.29, 0.717) is 22.9 Å². The largest absolute Gasteiger partial charge is 1.00 e. The number of fused-ring (bicyclic) bond motifs is 2. The quantitative estimate of drug-likeness (QED) is 0.0493. The number of benzene rings is 7. The van der Waals surface area contributed by atoms with Crippen LogP contribution in [0.25, 0.3) is 32.7 Å². The van der Waals surface area contributed by atoms with Crippen LogP contribution in [0.1, 0.15) is 0 Å². The molecule has 0 aliphatic carbocycles. The van der Waals surface area contributed by atoms with Gasteiger partial charge in [-0.3, -0.25) is 0 Å². The number of azo groups is 2. The van der Waals surface area contributed by atoms with Gasteiger partial charge in [-0.15, -0.1) is 20.5 Å². The van der Waals surface area contributed by atoms with Crippen LogP contribution in [0.4, 0.5) is 39.8 Å². The molecule has 0 bridgehead atoms. The van der Waals surface area contributed by atoms with Crippen molar-refractivity contribution in [1.29, 1.82) is 0 Å². The van der Waals surface area contributed by atoms with Crippen LogP contribution < -0.4 is 109 Å². The second-order valence-electron chi connectivity index (χ2n) is 13.2. The molecule has 0 unspecified atom stereocenters. The number of nitrogens with one attached hydrogen (secondary N) is 1. The fourth-order valence-electron chi connectivity index (χ4n) is 6.45. The van der Waals surface area contributed by atoms with Crippen molar-refractivity contribution in [3.63, 3.8) is 0 Å². The van der Waals surface area contributed by atoms with E-state index in [0.717, 1.165) is 23.9 Å². The average molecular weight is 967 g/mol. The van der Waals surface area contributed by atoms with Gasteiger partial charge >= 0.3 is 88.7 Å². The van der Waals surface area contributed by atoms with Crippen LogP contribution in [0, 0.1) is 0 Å². The summed E-state index contributed by atoms with van der Waals surface area (Å²) in [6.45, 7) is 0. The predicted molar refractivity (Wildman–Crippen MR) is 223 cm³/mol. The Balaban J connectivity index is 0.00000308. The molecule has 7 aromatic rings. The molecule has 25 heteroatoms. The molecule has 0 amide bonds. The number of para-hydroxylation sites is 1. The normalized spacial score (nSPS) is 11.8. The maximum Gasteiger partial charge on any atom is 1.00 e. The minimum atomic E-state index is -5.39. The van der Waals surface area contributed by atoms with Crippen molar-refractivity contribution < 1.29 is 147 Å². The van der Waals surface area contributed by atoms with Crippen LogP contribution >= 0.6 is 0 Å². The van der Waals surface area contributed by atoms with Gasteiger partial charge in [0.1, 0.15) is 64.6 Å². The van der Waals surface area contributed by atoms with Crippen LogP contribution in [-0.4, -0.2) is 63.3 Å². The fourth-order valence-corrected chi connectivity index (χ4v) is 8.50. The van der Waals surface area contributed by atoms with Crippen molar-refractivity contribution in [2.75, 3.05) is 25.3 Å². The van der Waals surface area contributed by atoms with Crippen molar-refractivity contribution >= 4 is 91.7 Å². The summed E-state index contributed by atoms with van der Waals surface area (Å²) in [7, 11) is -13.2. The molecule has 0 fully saturated rings. The average Bonchev–Trinajstić information content (AvgIpc) is 3.22. The van der Waals surface area contributed by atoms with Crippen molar-refractivity contribution in [2.45, 2.75) is 14.7 Å². The Labute approximate surface area is 437 Å². The Morgan fingerprint density at radius 2 is 1.05 bits per heavy atom. The second kappa shape index (κ2) is 21.2. The third-order valence-corrected chi connectivity index (χ3v) is 12.0. The summed E-state index contributed by atoms with van der Waals surface area (Å²) in [5.41, 5.74) is 6.78. The van der Waals surface area contributed by atoms with Crippen molar-refractivity contribution in [3.05, 3.63) is 109 Å². The molecule has 0 saturated heterocycles. The summed E-state index contributed by atoms with van der Waals surface area (Å²) in [5.74, 6) is -1.13. The van der Waals surface area contributed by atoms with Crippen LogP contribution in [0.15, 0.2) is 144 Å². The van der Waals surface area contributed by atoms with Gasteiger partial charge in [0.15, 0.2) is 11.5 Å². The molecule has 0 heterocycles. The molecule has 0 radical (unpaired) electrons. The minimum Gasteiger partial charge on any atom is -0.744 e. The van der Waals surface area contributed by atoms with E-state index in [-0.39, 0.29) is 128 Å². The molecule has 0 saturated carbocycles. The van der Waals surface area contributed by atoms with Crippen molar-refractivity contribution in [2.24, 2.45) is 20.5 Å². The number of hydrogen-bond donors (Lipinski definition) is 4. The van der Waals surface area contributed by atoms with Gasteiger partial charge in [0.05, 0.1) is 40.0 Å². The molecule has 0 aliphatic heterocycles. The van der Waals surface area contributed by atoms with E-state index in [1.807, 2.05) is 30.3 Å². The summed E-state index contributed by atoms with van der Waals surface area (Å²) in [4.78, 5) is -3.12. The molecule has 0 aliphatic rings. The molecular formula is C40H29N6Na3O13S3. The third-order valence-electron chi connectivity index (χ3n) is 9.36. The number of aromatic hydroxyl groups is 2. The molecule has 7 rings (SSSR count). The first-order valence-corrected chi connectivity index (χ1v) is 21.8. The summed E-state index contributed by atoms with van der Waals surface area (Å²) in [5, 5.41) is 40.9. The summed E-state index contributed by atoms with van der Waals surface area (Å²) >= 11 is 0. The molecule has 0 aromatic heterocycles. The van der Waals surface area contributed by atoms with E-state index in [1.165, 1.54) is 26.4 Å². The fraction of sp³-hybridized carbons (Fsp3) is 0.0500. The van der Waals surface area contributed by atoms with Gasteiger partial charge in [-0.25, -0.2) is 25.3 Å². The van der Waals surface area contributed by atoms with Crippen LogP contribution in [0.3, 0.4) is 0 Å². The Morgan fingerprint density at radius 1 is 0.538 bits per heavy atom. The first-order valence-electron chi connectivity index (χ1n) is 17.6. The van der Waals surface area contributed by atoms with Gasteiger partial charge < -0.3 is 44.4 Å². The number of methoxy groups -OCH3 is 2. The number of rotatable bonds is 12. The molecular weight excluding hydrogens is 938 g/mol. The number of ether oxygens (including phenoxy) is 2. The van der Waals surface area contributed by atoms with E-state index in [2.05, 4.69) is 25.8 Å². The van der Waals surface area contributed by atoms with Crippen LogP contribution in [-0.2, 0) is 30.4 Å². The van der Waals surface area contributed by atoms with Gasteiger partial charge in [-0.2, -0.15) is 0 Å². The van der Waals surface area contributed by atoms with E-state index >= 15 is 0 Å². The number of phenolic OH excluding ortho intramolecular Hbond substituents is 2. The molecule has 19 nitrogen and oxygen atoms in total. The van der Waals surface area contributed by atoms with E-state index in [1.54, 1.807) is 42.5 Å². The molecule has 5 N–H and O–H groups in total.